The van der Waals surface area contributed by atoms with Crippen LogP contribution in [0.4, 0.5) is 11.6 Å². The zero-order valence-corrected chi connectivity index (χ0v) is 14.7. The fraction of sp³-hybridized carbons (Fsp3) is 0.444. The summed E-state index contributed by atoms with van der Waals surface area (Å²) >= 11 is 6.00. The minimum atomic E-state index is 0.774. The van der Waals surface area contributed by atoms with E-state index in [4.69, 9.17) is 11.6 Å². The molecule has 0 bridgehead atoms. The Kier molecular flexibility index (Phi) is 7.14. The Morgan fingerprint density at radius 1 is 1.00 bits per heavy atom. The van der Waals surface area contributed by atoms with Gasteiger partial charge in [0, 0.05) is 24.2 Å². The molecule has 0 radical (unpaired) electrons. The quantitative estimate of drug-likeness (QED) is 0.654. The summed E-state index contributed by atoms with van der Waals surface area (Å²) in [6, 6.07) is 9.92. The Labute approximate surface area is 143 Å². The highest BCUT2D eigenvalue weighted by molar-refractivity contribution is 6.30. The smallest absolute Gasteiger partial charge is 0.131 e. The number of aromatic nitrogens is 2. The van der Waals surface area contributed by atoms with Crippen LogP contribution in [0.2, 0.25) is 5.02 Å². The van der Waals surface area contributed by atoms with Crippen LogP contribution in [0.25, 0.3) is 0 Å². The molecule has 23 heavy (non-hydrogen) atoms. The molecule has 1 heterocycles. The predicted octanol–water partition coefficient (Wildman–Crippen LogP) is 4.70. The van der Waals surface area contributed by atoms with Gasteiger partial charge in [0.15, 0.2) is 0 Å². The average molecular weight is 333 g/mol. The summed E-state index contributed by atoms with van der Waals surface area (Å²) in [5, 5.41) is 7.51. The molecule has 2 N–H and O–H groups in total. The van der Waals surface area contributed by atoms with Crippen molar-refractivity contribution in [1.29, 1.82) is 0 Å². The summed E-state index contributed by atoms with van der Waals surface area (Å²) in [5.74, 6) is 2.52. The fourth-order valence-electron chi connectivity index (χ4n) is 2.37. The molecule has 5 heteroatoms. The van der Waals surface area contributed by atoms with Gasteiger partial charge in [0.05, 0.1) is 0 Å². The van der Waals surface area contributed by atoms with E-state index in [0.29, 0.717) is 0 Å². The molecule has 2 aromatic rings. The van der Waals surface area contributed by atoms with Crippen molar-refractivity contribution in [3.63, 3.8) is 0 Å². The van der Waals surface area contributed by atoms with Crippen LogP contribution in [-0.2, 0) is 6.42 Å². The van der Waals surface area contributed by atoms with Crippen LogP contribution >= 0.6 is 11.6 Å². The fourth-order valence-corrected chi connectivity index (χ4v) is 2.58. The van der Waals surface area contributed by atoms with Gasteiger partial charge in [-0.3, -0.25) is 0 Å². The van der Waals surface area contributed by atoms with Crippen molar-refractivity contribution in [3.05, 3.63) is 46.7 Å². The lowest BCUT2D eigenvalue weighted by atomic mass is 10.1. The molecule has 0 amide bonds. The minimum absolute atomic E-state index is 0.774. The molecule has 0 atom stereocenters. The Balaban J connectivity index is 1.85. The van der Waals surface area contributed by atoms with E-state index >= 15 is 0 Å². The van der Waals surface area contributed by atoms with Crippen LogP contribution in [0, 0.1) is 6.92 Å². The first-order valence-electron chi connectivity index (χ1n) is 8.25. The highest BCUT2D eigenvalue weighted by atomic mass is 35.5. The van der Waals surface area contributed by atoms with Gasteiger partial charge in [0.25, 0.3) is 0 Å². The predicted molar refractivity (Wildman–Crippen MR) is 98.4 cm³/mol. The first kappa shape index (κ1) is 17.5. The van der Waals surface area contributed by atoms with Gasteiger partial charge < -0.3 is 10.6 Å². The van der Waals surface area contributed by atoms with E-state index in [2.05, 4.69) is 33.6 Å². The van der Waals surface area contributed by atoms with Crippen molar-refractivity contribution in [2.75, 3.05) is 23.7 Å². The first-order chi connectivity index (χ1) is 11.2. The maximum Gasteiger partial charge on any atom is 0.131 e. The molecular formula is C18H25ClN4. The van der Waals surface area contributed by atoms with E-state index in [9.17, 15) is 0 Å². The molecule has 0 saturated carbocycles. The number of benzene rings is 1. The molecule has 0 spiro atoms. The molecule has 0 unspecified atom stereocenters. The molecule has 0 saturated heterocycles. The third-order valence-electron chi connectivity index (χ3n) is 3.53. The summed E-state index contributed by atoms with van der Waals surface area (Å²) < 4.78 is 0. The molecular weight excluding hydrogens is 308 g/mol. The van der Waals surface area contributed by atoms with E-state index in [-0.39, 0.29) is 0 Å². The van der Waals surface area contributed by atoms with Gasteiger partial charge in [0.1, 0.15) is 17.5 Å². The van der Waals surface area contributed by atoms with Gasteiger partial charge in [-0.05, 0) is 37.5 Å². The SMILES string of the molecule is CCCCCNc1cc(NCCc2cccc(Cl)c2)nc(C)n1. The molecule has 1 aromatic carbocycles. The summed E-state index contributed by atoms with van der Waals surface area (Å²) in [5.41, 5.74) is 1.22. The highest BCUT2D eigenvalue weighted by Crippen LogP contribution is 2.13. The summed E-state index contributed by atoms with van der Waals surface area (Å²) in [6.45, 7) is 5.88. The van der Waals surface area contributed by atoms with Crippen LogP contribution in [0.15, 0.2) is 30.3 Å². The number of nitrogens with zero attached hydrogens (tertiary/aromatic N) is 2. The largest absolute Gasteiger partial charge is 0.370 e. The summed E-state index contributed by atoms with van der Waals surface area (Å²) in [4.78, 5) is 8.87. The van der Waals surface area contributed by atoms with Crippen LogP contribution in [-0.4, -0.2) is 23.1 Å². The van der Waals surface area contributed by atoms with Crippen molar-refractivity contribution in [2.45, 2.75) is 39.5 Å². The molecule has 0 aliphatic heterocycles. The summed E-state index contributed by atoms with van der Waals surface area (Å²) in [6.07, 6.45) is 4.53. The summed E-state index contributed by atoms with van der Waals surface area (Å²) in [7, 11) is 0. The molecule has 4 nitrogen and oxygen atoms in total. The number of unbranched alkanes of at least 4 members (excludes halogenated alkanes) is 2. The van der Waals surface area contributed by atoms with Gasteiger partial charge in [-0.1, -0.05) is 43.5 Å². The molecule has 1 aromatic heterocycles. The third kappa shape index (κ3) is 6.45. The van der Waals surface area contributed by atoms with Crippen LogP contribution < -0.4 is 10.6 Å². The number of anilines is 2. The van der Waals surface area contributed by atoms with Crippen LogP contribution in [0.1, 0.15) is 37.6 Å². The van der Waals surface area contributed by atoms with E-state index in [1.54, 1.807) is 0 Å². The third-order valence-corrected chi connectivity index (χ3v) is 3.77. The van der Waals surface area contributed by atoms with Crippen LogP contribution in [0.3, 0.4) is 0 Å². The molecule has 0 fully saturated rings. The van der Waals surface area contributed by atoms with Gasteiger partial charge in [0.2, 0.25) is 0 Å². The number of aryl methyl sites for hydroxylation is 1. The second-order valence-corrected chi connectivity index (χ2v) is 6.06. The zero-order chi connectivity index (χ0) is 16.5. The van der Waals surface area contributed by atoms with Gasteiger partial charge in [-0.25, -0.2) is 9.97 Å². The molecule has 0 aliphatic carbocycles. The van der Waals surface area contributed by atoms with E-state index in [1.165, 1.54) is 18.4 Å². The maximum absolute atomic E-state index is 6.00. The molecule has 0 aliphatic rings. The van der Waals surface area contributed by atoms with Crippen molar-refractivity contribution in [1.82, 2.24) is 9.97 Å². The maximum atomic E-state index is 6.00. The van der Waals surface area contributed by atoms with Crippen LogP contribution in [0.5, 0.6) is 0 Å². The van der Waals surface area contributed by atoms with Crippen molar-refractivity contribution in [3.8, 4) is 0 Å². The second kappa shape index (κ2) is 9.36. The second-order valence-electron chi connectivity index (χ2n) is 5.63. The Hall–Kier alpha value is -1.81. The van der Waals surface area contributed by atoms with E-state index < -0.39 is 0 Å². The van der Waals surface area contributed by atoms with Gasteiger partial charge >= 0.3 is 0 Å². The van der Waals surface area contributed by atoms with E-state index in [1.807, 2.05) is 31.2 Å². The average Bonchev–Trinajstić information content (AvgIpc) is 2.51. The molecule has 2 rings (SSSR count). The Bertz CT molecular complexity index is 616. The normalized spacial score (nSPS) is 10.6. The highest BCUT2D eigenvalue weighted by Gasteiger charge is 2.02. The lowest BCUT2D eigenvalue weighted by molar-refractivity contribution is 0.742. The minimum Gasteiger partial charge on any atom is -0.370 e. The lowest BCUT2D eigenvalue weighted by Gasteiger charge is -2.10. The molecule has 124 valence electrons. The Morgan fingerprint density at radius 2 is 1.74 bits per heavy atom. The monoisotopic (exact) mass is 332 g/mol. The van der Waals surface area contributed by atoms with Gasteiger partial charge in [-0.15, -0.1) is 0 Å². The zero-order valence-electron chi connectivity index (χ0n) is 13.9. The first-order valence-corrected chi connectivity index (χ1v) is 8.63. The number of nitrogens with one attached hydrogen (secondary N) is 2. The lowest BCUT2D eigenvalue weighted by Crippen LogP contribution is -2.10. The van der Waals surface area contributed by atoms with Crippen molar-refractivity contribution >= 4 is 23.2 Å². The van der Waals surface area contributed by atoms with Gasteiger partial charge in [-0.2, -0.15) is 0 Å². The topological polar surface area (TPSA) is 49.8 Å². The number of halogens is 1. The van der Waals surface area contributed by atoms with Crippen molar-refractivity contribution < 1.29 is 0 Å². The number of rotatable bonds is 9. The van der Waals surface area contributed by atoms with Crippen molar-refractivity contribution in [2.24, 2.45) is 0 Å². The number of hydrogen-bond donors (Lipinski definition) is 2. The standard InChI is InChI=1S/C18H25ClN4/c1-3-4-5-10-20-17-13-18(23-14(2)22-17)21-11-9-15-7-6-8-16(19)12-15/h6-8,12-13H,3-5,9-11H2,1-2H3,(H2,20,21,22,23). The Morgan fingerprint density at radius 3 is 2.43 bits per heavy atom. The number of hydrogen-bond acceptors (Lipinski definition) is 4. The van der Waals surface area contributed by atoms with E-state index in [0.717, 1.165) is 48.4 Å².